The zero-order chi connectivity index (χ0) is 15.2. The summed E-state index contributed by atoms with van der Waals surface area (Å²) >= 11 is 1.76. The molecule has 1 aromatic heterocycles. The third-order valence-corrected chi connectivity index (χ3v) is 6.93. The van der Waals surface area contributed by atoms with Crippen molar-refractivity contribution >= 4 is 17.2 Å². The molecule has 1 N–H and O–H groups in total. The Morgan fingerprint density at radius 3 is 3.00 bits per heavy atom. The molecule has 0 aromatic carbocycles. The molecule has 2 saturated heterocycles. The lowest BCUT2D eigenvalue weighted by Crippen LogP contribution is -2.41. The number of carbonyl (C=O) groups excluding carboxylic acids is 1. The Labute approximate surface area is 136 Å². The Bertz CT molecular complexity index is 564. The first kappa shape index (κ1) is 14.6. The third kappa shape index (κ3) is 2.58. The number of aromatic nitrogens is 1. The first-order valence-electron chi connectivity index (χ1n) is 8.59. The topological polar surface area (TPSA) is 45.2 Å². The van der Waals surface area contributed by atoms with Crippen molar-refractivity contribution < 1.29 is 4.79 Å². The zero-order valence-electron chi connectivity index (χ0n) is 13.3. The minimum Gasteiger partial charge on any atom is -0.342 e. The maximum absolute atomic E-state index is 12.9. The normalized spacial score (nSPS) is 30.5. The van der Waals surface area contributed by atoms with Crippen molar-refractivity contribution in [2.24, 2.45) is 11.3 Å². The second-order valence-electron chi connectivity index (χ2n) is 7.32. The number of hydrogen-bond acceptors (Lipinski definition) is 4. The average molecular weight is 319 g/mol. The van der Waals surface area contributed by atoms with Gasteiger partial charge in [0.15, 0.2) is 0 Å². The van der Waals surface area contributed by atoms with E-state index < -0.39 is 0 Å². The number of thiazole rings is 1. The van der Waals surface area contributed by atoms with Gasteiger partial charge >= 0.3 is 0 Å². The number of likely N-dealkylation sites (tertiary alicyclic amines) is 1. The lowest BCUT2D eigenvalue weighted by molar-refractivity contribution is -0.134. The second-order valence-corrected chi connectivity index (χ2v) is 8.21. The number of hydrogen-bond donors (Lipinski definition) is 1. The van der Waals surface area contributed by atoms with Gasteiger partial charge in [-0.1, -0.05) is 0 Å². The fourth-order valence-corrected chi connectivity index (χ4v) is 5.26. The summed E-state index contributed by atoms with van der Waals surface area (Å²) in [6, 6.07) is 0. The molecule has 3 fully saturated rings. The quantitative estimate of drug-likeness (QED) is 0.911. The minimum absolute atomic E-state index is 0.311. The van der Waals surface area contributed by atoms with E-state index in [2.05, 4.69) is 27.5 Å². The molecule has 1 amide bonds. The van der Waals surface area contributed by atoms with Crippen LogP contribution >= 0.6 is 11.3 Å². The van der Waals surface area contributed by atoms with Crippen LogP contribution in [0.4, 0.5) is 0 Å². The highest BCUT2D eigenvalue weighted by molar-refractivity contribution is 7.09. The third-order valence-electron chi connectivity index (χ3n) is 5.81. The van der Waals surface area contributed by atoms with Gasteiger partial charge in [0, 0.05) is 36.0 Å². The predicted molar refractivity (Wildman–Crippen MR) is 88.0 cm³/mol. The largest absolute Gasteiger partial charge is 0.342 e. The van der Waals surface area contributed by atoms with Gasteiger partial charge in [-0.3, -0.25) is 4.79 Å². The van der Waals surface area contributed by atoms with Gasteiger partial charge in [-0.2, -0.15) is 0 Å². The lowest BCUT2D eigenvalue weighted by atomic mass is 9.91. The van der Waals surface area contributed by atoms with Gasteiger partial charge in [0.1, 0.15) is 0 Å². The SMILES string of the molecule is Cc1csc(C2CCCN(C(=O)C3CC34CCNCC4)C2)n1. The Balaban J connectivity index is 1.41. The second kappa shape index (κ2) is 5.60. The van der Waals surface area contributed by atoms with Crippen molar-refractivity contribution in [3.8, 4) is 0 Å². The summed E-state index contributed by atoms with van der Waals surface area (Å²) in [5.41, 5.74) is 1.46. The molecule has 4 nitrogen and oxygen atoms in total. The average Bonchev–Trinajstić information content (AvgIpc) is 3.04. The molecular formula is C17H25N3OS. The molecule has 22 heavy (non-hydrogen) atoms. The van der Waals surface area contributed by atoms with E-state index in [1.54, 1.807) is 11.3 Å². The lowest BCUT2D eigenvalue weighted by Gasteiger charge is -2.33. The monoisotopic (exact) mass is 319 g/mol. The van der Waals surface area contributed by atoms with Crippen LogP contribution < -0.4 is 5.32 Å². The Morgan fingerprint density at radius 2 is 2.27 bits per heavy atom. The van der Waals surface area contributed by atoms with E-state index in [0.717, 1.165) is 44.7 Å². The van der Waals surface area contributed by atoms with E-state index in [1.165, 1.54) is 24.3 Å². The molecule has 1 aliphatic carbocycles. The fourth-order valence-electron chi connectivity index (χ4n) is 4.33. The van der Waals surface area contributed by atoms with Gasteiger partial charge in [-0.15, -0.1) is 11.3 Å². The highest BCUT2D eigenvalue weighted by atomic mass is 32.1. The molecule has 2 unspecified atom stereocenters. The van der Waals surface area contributed by atoms with Crippen molar-refractivity contribution in [2.45, 2.75) is 44.9 Å². The summed E-state index contributed by atoms with van der Waals surface area (Å²) < 4.78 is 0. The van der Waals surface area contributed by atoms with Crippen molar-refractivity contribution in [3.63, 3.8) is 0 Å². The van der Waals surface area contributed by atoms with Gasteiger partial charge in [-0.05, 0) is 57.5 Å². The number of amides is 1. The van der Waals surface area contributed by atoms with Crippen LogP contribution in [0.15, 0.2) is 5.38 Å². The van der Waals surface area contributed by atoms with Gasteiger partial charge in [-0.25, -0.2) is 4.98 Å². The van der Waals surface area contributed by atoms with Gasteiger partial charge in [0.05, 0.1) is 5.01 Å². The molecule has 1 spiro atoms. The van der Waals surface area contributed by atoms with Crippen molar-refractivity contribution in [3.05, 3.63) is 16.1 Å². The van der Waals surface area contributed by atoms with E-state index in [-0.39, 0.29) is 0 Å². The molecule has 1 saturated carbocycles. The smallest absolute Gasteiger partial charge is 0.226 e. The predicted octanol–water partition coefficient (Wildman–Crippen LogP) is 2.55. The molecule has 0 bridgehead atoms. The maximum atomic E-state index is 12.9. The van der Waals surface area contributed by atoms with E-state index in [9.17, 15) is 4.79 Å². The van der Waals surface area contributed by atoms with Crippen LogP contribution in [0.25, 0.3) is 0 Å². The standard InChI is InChI=1S/C17H25N3OS/c1-12-11-22-15(19-12)13-3-2-8-20(10-13)16(21)14-9-17(14)4-6-18-7-5-17/h11,13-14,18H,2-10H2,1H3. The molecule has 4 rings (SSSR count). The van der Waals surface area contributed by atoms with Crippen LogP contribution in [0.1, 0.15) is 48.7 Å². The minimum atomic E-state index is 0.311. The first-order chi connectivity index (χ1) is 10.7. The molecule has 2 atom stereocenters. The molecule has 5 heteroatoms. The molecular weight excluding hydrogens is 294 g/mol. The number of piperidine rings is 2. The Kier molecular flexibility index (Phi) is 3.73. The molecule has 3 aliphatic rings. The van der Waals surface area contributed by atoms with E-state index in [0.29, 0.717) is 23.2 Å². The number of aryl methyl sites for hydroxylation is 1. The van der Waals surface area contributed by atoms with Crippen LogP contribution in [-0.2, 0) is 4.79 Å². The van der Waals surface area contributed by atoms with Crippen LogP contribution in [0.5, 0.6) is 0 Å². The van der Waals surface area contributed by atoms with E-state index >= 15 is 0 Å². The van der Waals surface area contributed by atoms with Crippen LogP contribution in [-0.4, -0.2) is 42.0 Å². The highest BCUT2D eigenvalue weighted by Gasteiger charge is 2.58. The number of nitrogens with zero attached hydrogens (tertiary/aromatic N) is 2. The molecule has 1 aromatic rings. The Hall–Kier alpha value is -0.940. The van der Waals surface area contributed by atoms with Gasteiger partial charge in [0.2, 0.25) is 5.91 Å². The maximum Gasteiger partial charge on any atom is 0.226 e. The summed E-state index contributed by atoms with van der Waals surface area (Å²) in [6.07, 6.45) is 5.80. The summed E-state index contributed by atoms with van der Waals surface area (Å²) in [7, 11) is 0. The summed E-state index contributed by atoms with van der Waals surface area (Å²) in [4.78, 5) is 19.7. The van der Waals surface area contributed by atoms with E-state index in [1.807, 2.05) is 0 Å². The number of nitrogens with one attached hydrogen (secondary N) is 1. The number of rotatable bonds is 2. The molecule has 3 heterocycles. The molecule has 120 valence electrons. The first-order valence-corrected chi connectivity index (χ1v) is 9.47. The summed E-state index contributed by atoms with van der Waals surface area (Å²) in [6.45, 7) is 6.06. The van der Waals surface area contributed by atoms with Gasteiger partial charge < -0.3 is 10.2 Å². The van der Waals surface area contributed by atoms with Crippen molar-refractivity contribution in [1.82, 2.24) is 15.2 Å². The van der Waals surface area contributed by atoms with E-state index in [4.69, 9.17) is 0 Å². The van der Waals surface area contributed by atoms with Gasteiger partial charge in [0.25, 0.3) is 0 Å². The zero-order valence-corrected chi connectivity index (χ0v) is 14.1. The van der Waals surface area contributed by atoms with Crippen LogP contribution in [0.2, 0.25) is 0 Å². The van der Waals surface area contributed by atoms with Crippen LogP contribution in [0, 0.1) is 18.3 Å². The van der Waals surface area contributed by atoms with Crippen molar-refractivity contribution in [1.29, 1.82) is 0 Å². The molecule has 2 aliphatic heterocycles. The van der Waals surface area contributed by atoms with Crippen LogP contribution in [0.3, 0.4) is 0 Å². The number of carbonyl (C=O) groups is 1. The molecule has 0 radical (unpaired) electrons. The highest BCUT2D eigenvalue weighted by Crippen LogP contribution is 2.59. The summed E-state index contributed by atoms with van der Waals surface area (Å²) in [5, 5.41) is 6.77. The Morgan fingerprint density at radius 1 is 1.45 bits per heavy atom. The summed E-state index contributed by atoms with van der Waals surface area (Å²) in [5.74, 6) is 1.20. The van der Waals surface area contributed by atoms with Crippen molar-refractivity contribution in [2.75, 3.05) is 26.2 Å². The fraction of sp³-hybridized carbons (Fsp3) is 0.765.